The zero-order valence-corrected chi connectivity index (χ0v) is 10.5. The Morgan fingerprint density at radius 3 is 2.47 bits per heavy atom. The zero-order chi connectivity index (χ0) is 12.6. The molecule has 1 aromatic carbocycles. The number of benzene rings is 1. The largest absolute Gasteiger partial charge is 0.505 e. The second-order valence-electron chi connectivity index (χ2n) is 5.76. The van der Waals surface area contributed by atoms with Gasteiger partial charge in [-0.15, -0.1) is 0 Å². The van der Waals surface area contributed by atoms with Crippen LogP contribution in [-0.2, 0) is 6.42 Å². The highest BCUT2D eigenvalue weighted by Gasteiger charge is 2.15. The Morgan fingerprint density at radius 1 is 1.18 bits per heavy atom. The molecule has 0 spiro atoms. The predicted molar refractivity (Wildman–Crippen MR) is 71.3 cm³/mol. The van der Waals surface area contributed by atoms with Gasteiger partial charge in [-0.05, 0) is 41.0 Å². The fourth-order valence-electron chi connectivity index (χ4n) is 2.07. The van der Waals surface area contributed by atoms with Gasteiger partial charge in [0, 0.05) is 11.1 Å². The van der Waals surface area contributed by atoms with E-state index in [1.54, 1.807) is 6.07 Å². The quantitative estimate of drug-likeness (QED) is 0.685. The molecule has 1 heterocycles. The van der Waals surface area contributed by atoms with E-state index in [9.17, 15) is 0 Å². The highest BCUT2D eigenvalue weighted by Crippen LogP contribution is 2.22. The minimum absolute atomic E-state index is 0.253. The van der Waals surface area contributed by atoms with Gasteiger partial charge in [-0.2, -0.15) is 0 Å². The summed E-state index contributed by atoms with van der Waals surface area (Å²) in [6, 6.07) is 7.95. The fourth-order valence-corrected chi connectivity index (χ4v) is 2.07. The lowest BCUT2D eigenvalue weighted by molar-refractivity contribution is 0.411. The van der Waals surface area contributed by atoms with Crippen LogP contribution in [0.5, 0.6) is 0 Å². The van der Waals surface area contributed by atoms with Crippen LogP contribution < -0.4 is 5.59 Å². The van der Waals surface area contributed by atoms with Crippen LogP contribution in [-0.4, -0.2) is 22.2 Å². The Morgan fingerprint density at radius 2 is 1.88 bits per heavy atom. The van der Waals surface area contributed by atoms with Gasteiger partial charge in [-0.1, -0.05) is 26.8 Å². The molecule has 2 aromatic rings. The third-order valence-corrected chi connectivity index (χ3v) is 2.72. The first kappa shape index (κ1) is 12.2. The van der Waals surface area contributed by atoms with Crippen LogP contribution in [0.4, 0.5) is 0 Å². The second kappa shape index (κ2) is 4.20. The maximum atomic E-state index is 9.10. The normalized spacial score (nSPS) is 12.1. The zero-order valence-electron chi connectivity index (χ0n) is 10.5. The molecule has 90 valence electrons. The van der Waals surface area contributed by atoms with Gasteiger partial charge in [0.15, 0.2) is 0 Å². The third-order valence-electron chi connectivity index (χ3n) is 2.72. The Kier molecular flexibility index (Phi) is 3.02. The highest BCUT2D eigenvalue weighted by atomic mass is 16.4. The van der Waals surface area contributed by atoms with Crippen molar-refractivity contribution in [2.75, 3.05) is 0 Å². The summed E-state index contributed by atoms with van der Waals surface area (Å²) in [5.41, 5.74) is 2.89. The minimum Gasteiger partial charge on any atom is -0.422 e. The Labute approximate surface area is 102 Å². The predicted octanol–water partition coefficient (Wildman–Crippen LogP) is 1.44. The molecule has 3 N–H and O–H groups in total. The molecular formula is C13H18BNO2. The van der Waals surface area contributed by atoms with Crippen LogP contribution in [0.25, 0.3) is 10.9 Å². The van der Waals surface area contributed by atoms with Gasteiger partial charge in [0.1, 0.15) is 0 Å². The van der Waals surface area contributed by atoms with E-state index in [0.717, 1.165) is 17.3 Å². The monoisotopic (exact) mass is 231 g/mol. The molecule has 0 amide bonds. The standard InChI is InChI=1S/C13H18BNO2/c1-13(2,3)8-9-4-5-11-10(6-9)7-12(15-11)14(16)17/h4-7,15-17H,8H2,1-3H3. The maximum Gasteiger partial charge on any atom is 0.505 e. The molecule has 0 aliphatic rings. The molecule has 0 bridgehead atoms. The van der Waals surface area contributed by atoms with E-state index in [0.29, 0.717) is 5.59 Å². The molecule has 0 atom stereocenters. The minimum atomic E-state index is -1.44. The van der Waals surface area contributed by atoms with Crippen molar-refractivity contribution in [3.8, 4) is 0 Å². The summed E-state index contributed by atoms with van der Waals surface area (Å²) in [5, 5.41) is 19.2. The van der Waals surface area contributed by atoms with Gasteiger partial charge in [0.25, 0.3) is 0 Å². The van der Waals surface area contributed by atoms with Crippen molar-refractivity contribution in [2.45, 2.75) is 27.2 Å². The Hall–Kier alpha value is -1.26. The van der Waals surface area contributed by atoms with Crippen LogP contribution in [0.15, 0.2) is 24.3 Å². The molecule has 0 aliphatic heterocycles. The molecule has 0 aliphatic carbocycles. The van der Waals surface area contributed by atoms with Crippen LogP contribution in [0.2, 0.25) is 0 Å². The first-order valence-electron chi connectivity index (χ1n) is 5.83. The van der Waals surface area contributed by atoms with Gasteiger partial charge in [0.05, 0.1) is 0 Å². The van der Waals surface area contributed by atoms with E-state index in [4.69, 9.17) is 10.0 Å². The topological polar surface area (TPSA) is 56.2 Å². The smallest absolute Gasteiger partial charge is 0.422 e. The molecule has 4 heteroatoms. The average Bonchev–Trinajstić information content (AvgIpc) is 2.57. The molecule has 1 aromatic heterocycles. The summed E-state index contributed by atoms with van der Waals surface area (Å²) in [6.07, 6.45) is 1.01. The summed E-state index contributed by atoms with van der Waals surface area (Å²) in [5.74, 6) is 0. The van der Waals surface area contributed by atoms with Crippen molar-refractivity contribution in [1.29, 1.82) is 0 Å². The molecule has 17 heavy (non-hydrogen) atoms. The lowest BCUT2D eigenvalue weighted by Gasteiger charge is -2.17. The lowest BCUT2D eigenvalue weighted by atomic mass is 9.86. The fraction of sp³-hybridized carbons (Fsp3) is 0.385. The number of rotatable bonds is 2. The van der Waals surface area contributed by atoms with Crippen molar-refractivity contribution < 1.29 is 10.0 Å². The third kappa shape index (κ3) is 2.90. The first-order chi connectivity index (χ1) is 7.85. The van der Waals surface area contributed by atoms with Crippen molar-refractivity contribution in [1.82, 2.24) is 4.98 Å². The van der Waals surface area contributed by atoms with E-state index >= 15 is 0 Å². The molecule has 0 unspecified atom stereocenters. The van der Waals surface area contributed by atoms with Crippen LogP contribution >= 0.6 is 0 Å². The molecule has 2 rings (SSSR count). The van der Waals surface area contributed by atoms with Gasteiger partial charge in [-0.25, -0.2) is 0 Å². The van der Waals surface area contributed by atoms with Gasteiger partial charge < -0.3 is 15.0 Å². The van der Waals surface area contributed by atoms with E-state index in [-0.39, 0.29) is 5.41 Å². The van der Waals surface area contributed by atoms with E-state index in [1.165, 1.54) is 5.56 Å². The number of aromatic amines is 1. The van der Waals surface area contributed by atoms with E-state index < -0.39 is 7.12 Å². The summed E-state index contributed by atoms with van der Waals surface area (Å²) in [4.78, 5) is 2.99. The van der Waals surface area contributed by atoms with Crippen LogP contribution in [0.1, 0.15) is 26.3 Å². The summed E-state index contributed by atoms with van der Waals surface area (Å²) >= 11 is 0. The Balaban J connectivity index is 2.37. The van der Waals surface area contributed by atoms with Crippen molar-refractivity contribution >= 4 is 23.6 Å². The van der Waals surface area contributed by atoms with Crippen LogP contribution in [0.3, 0.4) is 0 Å². The summed E-state index contributed by atoms with van der Waals surface area (Å²) in [6.45, 7) is 6.62. The first-order valence-corrected chi connectivity index (χ1v) is 5.83. The SMILES string of the molecule is CC(C)(C)Cc1ccc2[nH]c(B(O)O)cc2c1. The molecular weight excluding hydrogens is 213 g/mol. The van der Waals surface area contributed by atoms with Crippen LogP contribution in [0, 0.1) is 5.41 Å². The number of hydrogen-bond acceptors (Lipinski definition) is 2. The summed E-state index contributed by atoms with van der Waals surface area (Å²) < 4.78 is 0. The number of H-pyrrole nitrogens is 1. The van der Waals surface area contributed by atoms with Gasteiger partial charge in [-0.3, -0.25) is 0 Å². The molecule has 0 fully saturated rings. The van der Waals surface area contributed by atoms with Crippen molar-refractivity contribution in [3.05, 3.63) is 29.8 Å². The van der Waals surface area contributed by atoms with E-state index in [1.807, 2.05) is 6.07 Å². The highest BCUT2D eigenvalue weighted by molar-refractivity contribution is 6.58. The maximum absolute atomic E-state index is 9.10. The number of hydrogen-bond donors (Lipinski definition) is 3. The average molecular weight is 231 g/mol. The lowest BCUT2D eigenvalue weighted by Crippen LogP contribution is -2.30. The van der Waals surface area contributed by atoms with Gasteiger partial charge in [0.2, 0.25) is 0 Å². The molecule has 0 radical (unpaired) electrons. The number of fused-ring (bicyclic) bond motifs is 1. The Bertz CT molecular complexity index is 526. The van der Waals surface area contributed by atoms with Crippen molar-refractivity contribution in [2.24, 2.45) is 5.41 Å². The molecule has 3 nitrogen and oxygen atoms in total. The summed E-state index contributed by atoms with van der Waals surface area (Å²) in [7, 11) is -1.44. The second-order valence-corrected chi connectivity index (χ2v) is 5.76. The van der Waals surface area contributed by atoms with Crippen molar-refractivity contribution in [3.63, 3.8) is 0 Å². The van der Waals surface area contributed by atoms with E-state index in [2.05, 4.69) is 37.9 Å². The van der Waals surface area contributed by atoms with Gasteiger partial charge >= 0.3 is 7.12 Å². The number of aromatic nitrogens is 1. The molecule has 0 saturated carbocycles. The molecule has 0 saturated heterocycles. The number of nitrogens with one attached hydrogen (secondary N) is 1.